The van der Waals surface area contributed by atoms with Gasteiger partial charge >= 0.3 is 0 Å². The van der Waals surface area contributed by atoms with Crippen LogP contribution in [0.4, 0.5) is 5.69 Å². The average Bonchev–Trinajstić information content (AvgIpc) is 3.37. The molecular formula is C21H16ClN3OS3. The number of thioether (sulfide) groups is 1. The highest BCUT2D eigenvalue weighted by molar-refractivity contribution is 7.98. The van der Waals surface area contributed by atoms with Gasteiger partial charge in [-0.3, -0.25) is 9.78 Å². The Hall–Kier alpha value is -2.19. The first-order chi connectivity index (χ1) is 14.2. The van der Waals surface area contributed by atoms with Crippen molar-refractivity contribution in [3.8, 4) is 9.88 Å². The maximum atomic E-state index is 12.4. The van der Waals surface area contributed by atoms with E-state index < -0.39 is 0 Å². The van der Waals surface area contributed by atoms with Crippen LogP contribution in [-0.2, 0) is 17.0 Å². The SMILES string of the molecule is O=C(Cc1csc(-c2ccc(Cl)s2)n1)Nc1ccc(SCc2cccnc2)cc1. The van der Waals surface area contributed by atoms with E-state index in [9.17, 15) is 4.79 Å². The smallest absolute Gasteiger partial charge is 0.230 e. The third kappa shape index (κ3) is 5.67. The van der Waals surface area contributed by atoms with E-state index in [0.717, 1.165) is 36.3 Å². The number of rotatable bonds is 7. The topological polar surface area (TPSA) is 54.9 Å². The van der Waals surface area contributed by atoms with Gasteiger partial charge < -0.3 is 5.32 Å². The number of aromatic nitrogens is 2. The third-order valence-corrected chi connectivity index (χ3v) is 7.32. The summed E-state index contributed by atoms with van der Waals surface area (Å²) in [6.07, 6.45) is 3.89. The number of thiazole rings is 1. The zero-order valence-electron chi connectivity index (χ0n) is 15.2. The van der Waals surface area contributed by atoms with Gasteiger partial charge in [-0.1, -0.05) is 17.7 Å². The molecule has 1 amide bonds. The lowest BCUT2D eigenvalue weighted by Gasteiger charge is -2.06. The first kappa shape index (κ1) is 20.1. The molecule has 0 fully saturated rings. The Labute approximate surface area is 186 Å². The average molecular weight is 458 g/mol. The quantitative estimate of drug-likeness (QED) is 0.326. The zero-order valence-corrected chi connectivity index (χ0v) is 18.4. The molecule has 4 nitrogen and oxygen atoms in total. The predicted octanol–water partition coefficient (Wildman–Crippen LogP) is 6.39. The van der Waals surface area contributed by atoms with Gasteiger partial charge in [0.1, 0.15) is 5.01 Å². The monoisotopic (exact) mass is 457 g/mol. The van der Waals surface area contributed by atoms with E-state index in [-0.39, 0.29) is 12.3 Å². The first-order valence-electron chi connectivity index (χ1n) is 8.77. The van der Waals surface area contributed by atoms with Crippen molar-refractivity contribution >= 4 is 57.6 Å². The third-order valence-electron chi connectivity index (χ3n) is 3.94. The molecular weight excluding hydrogens is 442 g/mol. The lowest BCUT2D eigenvalue weighted by Crippen LogP contribution is -2.14. The van der Waals surface area contributed by atoms with Crippen LogP contribution in [0.2, 0.25) is 4.34 Å². The first-order valence-corrected chi connectivity index (χ1v) is 11.8. The Balaban J connectivity index is 1.30. The Bertz CT molecular complexity index is 1090. The van der Waals surface area contributed by atoms with E-state index in [4.69, 9.17) is 11.6 Å². The highest BCUT2D eigenvalue weighted by atomic mass is 35.5. The summed E-state index contributed by atoms with van der Waals surface area (Å²) in [4.78, 5) is 23.2. The number of halogens is 1. The lowest BCUT2D eigenvalue weighted by atomic mass is 10.3. The lowest BCUT2D eigenvalue weighted by molar-refractivity contribution is -0.115. The molecule has 0 atom stereocenters. The molecule has 29 heavy (non-hydrogen) atoms. The molecule has 0 aliphatic carbocycles. The molecule has 4 rings (SSSR count). The molecule has 3 aromatic heterocycles. The summed E-state index contributed by atoms with van der Waals surface area (Å²) in [5.41, 5.74) is 2.72. The number of amides is 1. The van der Waals surface area contributed by atoms with Gasteiger partial charge in [-0.15, -0.1) is 34.4 Å². The molecule has 146 valence electrons. The van der Waals surface area contributed by atoms with Gasteiger partial charge in [0.2, 0.25) is 5.91 Å². The minimum absolute atomic E-state index is 0.0816. The number of thiophene rings is 1. The second kappa shape index (κ2) is 9.54. The fourth-order valence-electron chi connectivity index (χ4n) is 2.58. The van der Waals surface area contributed by atoms with Gasteiger partial charge in [-0.2, -0.15) is 0 Å². The fourth-order valence-corrected chi connectivity index (χ4v) is 5.35. The maximum absolute atomic E-state index is 12.4. The number of hydrogen-bond acceptors (Lipinski definition) is 6. The van der Waals surface area contributed by atoms with Crippen LogP contribution in [0.1, 0.15) is 11.3 Å². The van der Waals surface area contributed by atoms with Crippen LogP contribution in [-0.4, -0.2) is 15.9 Å². The minimum atomic E-state index is -0.0816. The molecule has 3 heterocycles. The highest BCUT2D eigenvalue weighted by Gasteiger charge is 2.11. The molecule has 0 saturated heterocycles. The van der Waals surface area contributed by atoms with Crippen molar-refractivity contribution in [1.82, 2.24) is 9.97 Å². The molecule has 0 spiro atoms. The molecule has 0 aliphatic rings. The Kier molecular flexibility index (Phi) is 6.61. The molecule has 0 saturated carbocycles. The summed E-state index contributed by atoms with van der Waals surface area (Å²) in [7, 11) is 0. The number of nitrogens with one attached hydrogen (secondary N) is 1. The van der Waals surface area contributed by atoms with Crippen molar-refractivity contribution in [1.29, 1.82) is 0 Å². The maximum Gasteiger partial charge on any atom is 0.230 e. The van der Waals surface area contributed by atoms with Crippen molar-refractivity contribution in [2.45, 2.75) is 17.1 Å². The van der Waals surface area contributed by atoms with Gasteiger partial charge in [0, 0.05) is 34.1 Å². The van der Waals surface area contributed by atoms with E-state index >= 15 is 0 Å². The fraction of sp³-hybridized carbons (Fsp3) is 0.0952. The summed E-state index contributed by atoms with van der Waals surface area (Å²) in [6.45, 7) is 0. The Morgan fingerprint density at radius 3 is 2.72 bits per heavy atom. The molecule has 0 bridgehead atoms. The number of carbonyl (C=O) groups excluding carboxylic acids is 1. The van der Waals surface area contributed by atoms with Crippen LogP contribution in [0.15, 0.2) is 71.2 Å². The summed E-state index contributed by atoms with van der Waals surface area (Å²) < 4.78 is 0.733. The summed E-state index contributed by atoms with van der Waals surface area (Å²) in [5.74, 6) is 0.781. The van der Waals surface area contributed by atoms with Crippen LogP contribution in [0.5, 0.6) is 0 Å². The van der Waals surface area contributed by atoms with Gasteiger partial charge in [0.15, 0.2) is 0 Å². The molecule has 4 aromatic rings. The van der Waals surface area contributed by atoms with Gasteiger partial charge in [-0.25, -0.2) is 4.98 Å². The van der Waals surface area contributed by atoms with Gasteiger partial charge in [-0.05, 0) is 48.0 Å². The van der Waals surface area contributed by atoms with Crippen molar-refractivity contribution in [3.05, 3.63) is 81.9 Å². The molecule has 1 N–H and O–H groups in total. The van der Waals surface area contributed by atoms with E-state index in [1.54, 1.807) is 18.0 Å². The minimum Gasteiger partial charge on any atom is -0.326 e. The van der Waals surface area contributed by atoms with Crippen LogP contribution >= 0.6 is 46.0 Å². The Morgan fingerprint density at radius 2 is 2.00 bits per heavy atom. The second-order valence-electron chi connectivity index (χ2n) is 6.15. The van der Waals surface area contributed by atoms with Crippen LogP contribution in [0, 0.1) is 0 Å². The van der Waals surface area contributed by atoms with Crippen molar-refractivity contribution in [2.75, 3.05) is 5.32 Å². The highest BCUT2D eigenvalue weighted by Crippen LogP contribution is 2.33. The van der Waals surface area contributed by atoms with E-state index in [1.165, 1.54) is 28.2 Å². The standard InChI is InChI=1S/C21H16ClN3OS3/c22-19-8-7-18(29-19)21-25-16(13-28-21)10-20(26)24-15-3-5-17(6-4-15)27-12-14-2-1-9-23-11-14/h1-9,11,13H,10,12H2,(H,24,26). The Morgan fingerprint density at radius 1 is 1.14 bits per heavy atom. The molecule has 0 aliphatic heterocycles. The van der Waals surface area contributed by atoms with Crippen LogP contribution in [0.25, 0.3) is 9.88 Å². The second-order valence-corrected chi connectivity index (χ2v) is 9.77. The summed E-state index contributed by atoms with van der Waals surface area (Å²) in [5, 5.41) is 5.74. The zero-order chi connectivity index (χ0) is 20.1. The molecule has 0 radical (unpaired) electrons. The predicted molar refractivity (Wildman–Crippen MR) is 123 cm³/mol. The largest absolute Gasteiger partial charge is 0.326 e. The van der Waals surface area contributed by atoms with E-state index in [0.29, 0.717) is 0 Å². The number of hydrogen-bond donors (Lipinski definition) is 1. The number of benzene rings is 1. The van der Waals surface area contributed by atoms with Crippen LogP contribution in [0.3, 0.4) is 0 Å². The van der Waals surface area contributed by atoms with Crippen molar-refractivity contribution < 1.29 is 4.79 Å². The number of pyridine rings is 1. The normalized spacial score (nSPS) is 10.8. The number of nitrogens with zero attached hydrogens (tertiary/aromatic N) is 2. The number of carbonyl (C=O) groups is 1. The molecule has 8 heteroatoms. The molecule has 0 unspecified atom stereocenters. The van der Waals surface area contributed by atoms with E-state index in [2.05, 4.69) is 21.4 Å². The number of anilines is 1. The summed E-state index contributed by atoms with van der Waals surface area (Å²) >= 11 is 10.7. The van der Waals surface area contributed by atoms with Gasteiger partial charge in [0.05, 0.1) is 21.3 Å². The van der Waals surface area contributed by atoms with Crippen molar-refractivity contribution in [3.63, 3.8) is 0 Å². The van der Waals surface area contributed by atoms with Gasteiger partial charge in [0.25, 0.3) is 0 Å². The van der Waals surface area contributed by atoms with E-state index in [1.807, 2.05) is 54.0 Å². The van der Waals surface area contributed by atoms with Crippen molar-refractivity contribution in [2.24, 2.45) is 0 Å². The van der Waals surface area contributed by atoms with Crippen LogP contribution < -0.4 is 5.32 Å². The molecule has 1 aromatic carbocycles. The summed E-state index contributed by atoms with van der Waals surface area (Å²) in [6, 6.07) is 15.7.